The molecule has 0 unspecified atom stereocenters. The number of hydrogen-bond donors (Lipinski definition) is 3. The minimum Gasteiger partial charge on any atom is -0.490 e. The number of H-pyrrole nitrogens is 1. The highest BCUT2D eigenvalue weighted by Gasteiger charge is 2.26. The Morgan fingerprint density at radius 2 is 2.04 bits per heavy atom. The van der Waals surface area contributed by atoms with Crippen LogP contribution in [0.15, 0.2) is 29.2 Å². The number of urea groups is 1. The van der Waals surface area contributed by atoms with E-state index < -0.39 is 28.8 Å². The monoisotopic (exact) mass is 338 g/mol. The Bertz CT molecular complexity index is 821. The van der Waals surface area contributed by atoms with Crippen LogP contribution in [0.4, 0.5) is 19.3 Å². The van der Waals surface area contributed by atoms with E-state index in [1.165, 1.54) is 25.4 Å². The molecule has 3 N–H and O–H groups in total. The fraction of sp³-hybridized carbons (Fsp3) is 0.267. The predicted molar refractivity (Wildman–Crippen MR) is 82.9 cm³/mol. The van der Waals surface area contributed by atoms with Crippen molar-refractivity contribution >= 4 is 11.7 Å². The number of benzene rings is 1. The number of ether oxygens (including phenoxy) is 1. The first-order valence-electron chi connectivity index (χ1n) is 6.91. The summed E-state index contributed by atoms with van der Waals surface area (Å²) < 4.78 is 31.5. The topological polar surface area (TPSA) is 96.1 Å². The van der Waals surface area contributed by atoms with E-state index in [-0.39, 0.29) is 17.3 Å². The molecule has 9 heteroatoms. The van der Waals surface area contributed by atoms with Crippen molar-refractivity contribution in [3.8, 4) is 5.75 Å². The van der Waals surface area contributed by atoms with Gasteiger partial charge in [-0.05, 0) is 26.0 Å². The lowest BCUT2D eigenvalue weighted by Gasteiger charge is -2.25. The Hall–Kier alpha value is -2.97. The number of carbonyl (C=O) groups excluding carboxylic acids is 1. The molecule has 0 radical (unpaired) electrons. The predicted octanol–water partition coefficient (Wildman–Crippen LogP) is 2.11. The number of amides is 2. The molecule has 0 bridgehead atoms. The van der Waals surface area contributed by atoms with Crippen molar-refractivity contribution in [1.82, 2.24) is 15.3 Å². The van der Waals surface area contributed by atoms with Gasteiger partial charge in [-0.3, -0.25) is 4.79 Å². The fourth-order valence-electron chi connectivity index (χ4n) is 1.94. The van der Waals surface area contributed by atoms with Gasteiger partial charge in [0.15, 0.2) is 11.6 Å². The Labute approximate surface area is 136 Å². The molecule has 128 valence electrons. The van der Waals surface area contributed by atoms with Gasteiger partial charge in [0.2, 0.25) is 5.75 Å². The van der Waals surface area contributed by atoms with Crippen LogP contribution in [-0.4, -0.2) is 23.1 Å². The first-order chi connectivity index (χ1) is 11.2. The van der Waals surface area contributed by atoms with Crippen molar-refractivity contribution in [2.24, 2.45) is 0 Å². The first kappa shape index (κ1) is 17.4. The molecular weight excluding hydrogens is 322 g/mol. The van der Waals surface area contributed by atoms with E-state index in [0.717, 1.165) is 6.07 Å². The van der Waals surface area contributed by atoms with Gasteiger partial charge in [0, 0.05) is 0 Å². The van der Waals surface area contributed by atoms with Crippen molar-refractivity contribution in [3.05, 3.63) is 52.2 Å². The molecule has 0 saturated carbocycles. The van der Waals surface area contributed by atoms with E-state index in [1.807, 2.05) is 0 Å². The molecule has 24 heavy (non-hydrogen) atoms. The second-order valence-corrected chi connectivity index (χ2v) is 5.43. The normalized spacial score (nSPS) is 11.0. The zero-order valence-corrected chi connectivity index (χ0v) is 13.2. The maximum absolute atomic E-state index is 13.6. The Kier molecular flexibility index (Phi) is 4.82. The smallest absolute Gasteiger partial charge is 0.320 e. The Balaban J connectivity index is 2.16. The number of aromatic nitrogens is 2. The van der Waals surface area contributed by atoms with Gasteiger partial charge in [0.25, 0.3) is 5.56 Å². The van der Waals surface area contributed by atoms with Crippen molar-refractivity contribution in [1.29, 1.82) is 0 Å². The van der Waals surface area contributed by atoms with Crippen molar-refractivity contribution in [3.63, 3.8) is 0 Å². The van der Waals surface area contributed by atoms with Gasteiger partial charge >= 0.3 is 6.03 Å². The molecule has 2 rings (SSSR count). The number of nitrogens with zero attached hydrogens (tertiary/aromatic N) is 1. The van der Waals surface area contributed by atoms with Gasteiger partial charge in [-0.2, -0.15) is 0 Å². The van der Waals surface area contributed by atoms with E-state index in [2.05, 4.69) is 20.6 Å². The molecule has 0 aliphatic carbocycles. The number of hydrogen-bond acceptors (Lipinski definition) is 4. The molecule has 0 fully saturated rings. The van der Waals surface area contributed by atoms with Crippen molar-refractivity contribution < 1.29 is 18.3 Å². The van der Waals surface area contributed by atoms with Gasteiger partial charge in [-0.1, -0.05) is 6.07 Å². The molecule has 1 aromatic carbocycles. The van der Waals surface area contributed by atoms with Crippen LogP contribution in [0.25, 0.3) is 0 Å². The van der Waals surface area contributed by atoms with Crippen LogP contribution in [0, 0.1) is 11.6 Å². The maximum atomic E-state index is 13.6. The van der Waals surface area contributed by atoms with E-state index >= 15 is 0 Å². The van der Waals surface area contributed by atoms with Crippen LogP contribution in [0.3, 0.4) is 0 Å². The van der Waals surface area contributed by atoms with Gasteiger partial charge in [0.05, 0.1) is 24.5 Å². The highest BCUT2D eigenvalue weighted by Crippen LogP contribution is 2.18. The minimum atomic E-state index is -1.17. The summed E-state index contributed by atoms with van der Waals surface area (Å²) in [5.41, 5.74) is -1.90. The number of rotatable bonds is 4. The van der Waals surface area contributed by atoms with E-state index in [0.29, 0.717) is 0 Å². The highest BCUT2D eigenvalue weighted by molar-refractivity contribution is 5.89. The number of nitrogens with one attached hydrogen (secondary N) is 3. The standard InChI is InChI=1S/C15H16F2N4O3/c1-15(2,13-18-7-10(24-3)12(22)20-13)21-14(23)19-9-6-4-5-8(16)11(9)17/h4-7H,1-3H3,(H,18,20,22)(H2,19,21,23). The highest BCUT2D eigenvalue weighted by atomic mass is 19.2. The molecular formula is C15H16F2N4O3. The van der Waals surface area contributed by atoms with Gasteiger partial charge in [0.1, 0.15) is 5.82 Å². The molecule has 0 saturated heterocycles. The van der Waals surface area contributed by atoms with Crippen LogP contribution in [0.1, 0.15) is 19.7 Å². The van der Waals surface area contributed by atoms with Crippen molar-refractivity contribution in [2.75, 3.05) is 12.4 Å². The zero-order chi connectivity index (χ0) is 17.9. The summed E-state index contributed by atoms with van der Waals surface area (Å²) in [6.45, 7) is 3.17. The van der Waals surface area contributed by atoms with Gasteiger partial charge < -0.3 is 20.4 Å². The molecule has 0 spiro atoms. The summed E-state index contributed by atoms with van der Waals surface area (Å²) in [4.78, 5) is 30.3. The van der Waals surface area contributed by atoms with E-state index in [9.17, 15) is 18.4 Å². The van der Waals surface area contributed by atoms with E-state index in [1.54, 1.807) is 13.8 Å². The van der Waals surface area contributed by atoms with Crippen LogP contribution in [-0.2, 0) is 5.54 Å². The Morgan fingerprint density at radius 3 is 2.67 bits per heavy atom. The quantitative estimate of drug-likeness (QED) is 0.795. The zero-order valence-electron chi connectivity index (χ0n) is 13.2. The second-order valence-electron chi connectivity index (χ2n) is 5.43. The molecule has 0 atom stereocenters. The third-order valence-electron chi connectivity index (χ3n) is 3.20. The lowest BCUT2D eigenvalue weighted by atomic mass is 10.1. The number of carbonyl (C=O) groups is 1. The summed E-state index contributed by atoms with van der Waals surface area (Å²) in [6.07, 6.45) is 1.22. The lowest BCUT2D eigenvalue weighted by Crippen LogP contribution is -2.45. The van der Waals surface area contributed by atoms with Crippen LogP contribution in [0.2, 0.25) is 0 Å². The molecule has 1 aromatic heterocycles. The third kappa shape index (κ3) is 3.67. The molecule has 0 aliphatic heterocycles. The summed E-state index contributed by atoms with van der Waals surface area (Å²) in [5.74, 6) is -2.04. The second kappa shape index (κ2) is 6.65. The van der Waals surface area contributed by atoms with Gasteiger partial charge in [-0.15, -0.1) is 0 Å². The minimum absolute atomic E-state index is 0.0285. The number of halogens is 2. The average Bonchev–Trinajstić information content (AvgIpc) is 2.51. The lowest BCUT2D eigenvalue weighted by molar-refractivity contribution is 0.240. The van der Waals surface area contributed by atoms with Crippen LogP contribution in [0.5, 0.6) is 5.75 Å². The summed E-state index contributed by atoms with van der Waals surface area (Å²) >= 11 is 0. The molecule has 7 nitrogen and oxygen atoms in total. The van der Waals surface area contributed by atoms with Crippen LogP contribution >= 0.6 is 0 Å². The summed E-state index contributed by atoms with van der Waals surface area (Å²) in [6, 6.07) is 2.64. The van der Waals surface area contributed by atoms with Crippen LogP contribution < -0.4 is 20.9 Å². The Morgan fingerprint density at radius 1 is 1.33 bits per heavy atom. The fourth-order valence-corrected chi connectivity index (χ4v) is 1.94. The summed E-state index contributed by atoms with van der Waals surface area (Å²) in [7, 11) is 1.33. The first-order valence-corrected chi connectivity index (χ1v) is 6.91. The third-order valence-corrected chi connectivity index (χ3v) is 3.20. The van der Waals surface area contributed by atoms with E-state index in [4.69, 9.17) is 4.74 Å². The molecule has 2 amide bonds. The average molecular weight is 338 g/mol. The number of anilines is 1. The largest absolute Gasteiger partial charge is 0.490 e. The summed E-state index contributed by atoms with van der Waals surface area (Å²) in [5, 5.41) is 4.72. The molecule has 0 aliphatic rings. The number of aromatic amines is 1. The maximum Gasteiger partial charge on any atom is 0.320 e. The van der Waals surface area contributed by atoms with Gasteiger partial charge in [-0.25, -0.2) is 18.6 Å². The molecule has 2 aromatic rings. The molecule has 1 heterocycles. The SMILES string of the molecule is COc1cnc(C(C)(C)NC(=O)Nc2cccc(F)c2F)[nH]c1=O. The number of methoxy groups -OCH3 is 1. The van der Waals surface area contributed by atoms with Crippen molar-refractivity contribution in [2.45, 2.75) is 19.4 Å².